The highest BCUT2D eigenvalue weighted by atomic mass is 127. The topological polar surface area (TPSA) is 48.9 Å². The smallest absolute Gasteiger partial charge is 0.191 e. The minimum absolute atomic E-state index is 0. The average molecular weight is 450 g/mol. The summed E-state index contributed by atoms with van der Waals surface area (Å²) in [5.74, 6) is 1.85. The predicted molar refractivity (Wildman–Crippen MR) is 109 cm³/mol. The van der Waals surface area contributed by atoms with E-state index in [0.29, 0.717) is 0 Å². The van der Waals surface area contributed by atoms with Crippen molar-refractivity contribution in [1.29, 1.82) is 0 Å². The van der Waals surface area contributed by atoms with Crippen LogP contribution in [0.2, 0.25) is 0 Å². The molecule has 0 amide bonds. The van der Waals surface area contributed by atoms with Crippen LogP contribution in [-0.2, 0) is 4.74 Å². The summed E-state index contributed by atoms with van der Waals surface area (Å²) in [6, 6.07) is 10.4. The predicted octanol–water partition coefficient (Wildman–Crippen LogP) is 1.89. The molecule has 0 bridgehead atoms. The molecule has 23 heavy (non-hydrogen) atoms. The second-order valence-electron chi connectivity index (χ2n) is 5.30. The molecular weight excluding hydrogens is 423 g/mol. The van der Waals surface area contributed by atoms with Gasteiger partial charge in [0.05, 0.1) is 12.7 Å². The van der Waals surface area contributed by atoms with E-state index in [4.69, 9.17) is 4.74 Å². The molecule has 1 aliphatic heterocycles. The molecule has 1 heterocycles. The van der Waals surface area contributed by atoms with Crippen molar-refractivity contribution in [3.63, 3.8) is 0 Å². The number of guanidine groups is 1. The fraction of sp³-hybridized carbons (Fsp3) is 0.562. The number of aliphatic imine (C=N–C) groups is 1. The number of halogens is 1. The zero-order chi connectivity index (χ0) is 15.6. The van der Waals surface area contributed by atoms with Crippen LogP contribution in [0.4, 0.5) is 0 Å². The van der Waals surface area contributed by atoms with Gasteiger partial charge in [-0.2, -0.15) is 0 Å². The Bertz CT molecular complexity index is 461. The number of nitrogens with one attached hydrogen (secondary N) is 2. The molecule has 2 rings (SSSR count). The molecule has 0 aromatic heterocycles. The Morgan fingerprint density at radius 1 is 1.35 bits per heavy atom. The largest absolute Gasteiger partial charge is 0.374 e. The van der Waals surface area contributed by atoms with Gasteiger partial charge >= 0.3 is 0 Å². The van der Waals surface area contributed by atoms with Crippen LogP contribution in [0.5, 0.6) is 0 Å². The number of nitrogens with zero attached hydrogens (tertiary/aromatic N) is 2. The van der Waals surface area contributed by atoms with Crippen LogP contribution in [0, 0.1) is 0 Å². The monoisotopic (exact) mass is 450 g/mol. The van der Waals surface area contributed by atoms with Crippen LogP contribution >= 0.6 is 35.7 Å². The zero-order valence-electron chi connectivity index (χ0n) is 13.8. The van der Waals surface area contributed by atoms with Gasteiger partial charge in [-0.3, -0.25) is 4.99 Å². The van der Waals surface area contributed by atoms with Gasteiger partial charge in [0, 0.05) is 43.9 Å². The summed E-state index contributed by atoms with van der Waals surface area (Å²) in [4.78, 5) is 7.84. The second kappa shape index (κ2) is 11.9. The van der Waals surface area contributed by atoms with E-state index in [-0.39, 0.29) is 30.1 Å². The van der Waals surface area contributed by atoms with Crippen LogP contribution in [-0.4, -0.2) is 69.6 Å². The summed E-state index contributed by atoms with van der Waals surface area (Å²) in [7, 11) is 3.93. The molecule has 1 atom stereocenters. The van der Waals surface area contributed by atoms with Gasteiger partial charge in [-0.1, -0.05) is 18.2 Å². The zero-order valence-corrected chi connectivity index (χ0v) is 17.0. The van der Waals surface area contributed by atoms with Gasteiger partial charge in [0.2, 0.25) is 0 Å². The molecular formula is C16H27IN4OS. The normalized spacial score (nSPS) is 19.0. The van der Waals surface area contributed by atoms with Gasteiger partial charge in [-0.25, -0.2) is 0 Å². The van der Waals surface area contributed by atoms with E-state index in [0.717, 1.165) is 44.5 Å². The Balaban J connectivity index is 0.00000264. The summed E-state index contributed by atoms with van der Waals surface area (Å²) < 4.78 is 5.74. The minimum Gasteiger partial charge on any atom is -0.374 e. The fourth-order valence-corrected chi connectivity index (χ4v) is 3.07. The van der Waals surface area contributed by atoms with E-state index in [1.54, 1.807) is 7.05 Å². The summed E-state index contributed by atoms with van der Waals surface area (Å²) in [6.07, 6.45) is 0.232. The van der Waals surface area contributed by atoms with Gasteiger partial charge in [0.1, 0.15) is 0 Å². The average Bonchev–Trinajstić information content (AvgIpc) is 2.55. The highest BCUT2D eigenvalue weighted by molar-refractivity contribution is 14.0. The number of benzene rings is 1. The van der Waals surface area contributed by atoms with Crippen molar-refractivity contribution in [1.82, 2.24) is 15.5 Å². The van der Waals surface area contributed by atoms with E-state index >= 15 is 0 Å². The summed E-state index contributed by atoms with van der Waals surface area (Å²) in [6.45, 7) is 4.46. The molecule has 1 aromatic rings. The Morgan fingerprint density at radius 2 is 2.13 bits per heavy atom. The number of morpholine rings is 1. The van der Waals surface area contributed by atoms with Crippen molar-refractivity contribution in [2.75, 3.05) is 52.6 Å². The molecule has 1 aliphatic rings. The van der Waals surface area contributed by atoms with Crippen molar-refractivity contribution in [3.8, 4) is 0 Å². The number of ether oxygens (including phenoxy) is 1. The minimum atomic E-state index is 0. The Kier molecular flexibility index (Phi) is 10.7. The Hall–Kier alpha value is -0.510. The second-order valence-corrected chi connectivity index (χ2v) is 6.46. The number of thioether (sulfide) groups is 1. The Morgan fingerprint density at radius 3 is 2.83 bits per heavy atom. The fourth-order valence-electron chi connectivity index (χ4n) is 2.28. The number of hydrogen-bond acceptors (Lipinski definition) is 4. The molecule has 5 nitrogen and oxygen atoms in total. The van der Waals surface area contributed by atoms with Crippen molar-refractivity contribution in [2.24, 2.45) is 4.99 Å². The van der Waals surface area contributed by atoms with Crippen molar-refractivity contribution < 1.29 is 4.74 Å². The molecule has 1 aromatic carbocycles. The maximum Gasteiger partial charge on any atom is 0.191 e. The molecule has 1 saturated heterocycles. The van der Waals surface area contributed by atoms with Gasteiger partial charge in [-0.05, 0) is 19.2 Å². The maximum atomic E-state index is 5.74. The number of likely N-dealkylation sites (N-methyl/N-ethyl adjacent to an activating group) is 1. The third-order valence-corrected chi connectivity index (χ3v) is 4.48. The quantitative estimate of drug-likeness (QED) is 0.228. The van der Waals surface area contributed by atoms with E-state index in [1.165, 1.54) is 4.90 Å². The van der Waals surface area contributed by atoms with Crippen LogP contribution in [0.15, 0.2) is 40.2 Å². The van der Waals surface area contributed by atoms with Gasteiger partial charge in [-0.15, -0.1) is 35.7 Å². The SMILES string of the molecule is CN=C(NCCSc1ccccc1)NCC1CN(C)CCO1.I. The lowest BCUT2D eigenvalue weighted by Crippen LogP contribution is -2.48. The summed E-state index contributed by atoms with van der Waals surface area (Å²) in [5, 5.41) is 6.68. The van der Waals surface area contributed by atoms with E-state index < -0.39 is 0 Å². The Labute approximate surface area is 160 Å². The van der Waals surface area contributed by atoms with Crippen LogP contribution < -0.4 is 10.6 Å². The first-order chi connectivity index (χ1) is 10.8. The van der Waals surface area contributed by atoms with Gasteiger partial charge < -0.3 is 20.3 Å². The van der Waals surface area contributed by atoms with Crippen LogP contribution in [0.3, 0.4) is 0 Å². The first-order valence-electron chi connectivity index (χ1n) is 7.70. The van der Waals surface area contributed by atoms with E-state index in [1.807, 2.05) is 17.8 Å². The lowest BCUT2D eigenvalue weighted by Gasteiger charge is -2.30. The molecule has 130 valence electrons. The van der Waals surface area contributed by atoms with Crippen LogP contribution in [0.25, 0.3) is 0 Å². The van der Waals surface area contributed by atoms with Crippen molar-refractivity contribution in [2.45, 2.75) is 11.0 Å². The third kappa shape index (κ3) is 8.23. The first kappa shape index (κ1) is 20.5. The molecule has 1 unspecified atom stereocenters. The van der Waals surface area contributed by atoms with Crippen molar-refractivity contribution >= 4 is 41.7 Å². The maximum absolute atomic E-state index is 5.74. The lowest BCUT2D eigenvalue weighted by molar-refractivity contribution is -0.0161. The number of rotatable bonds is 6. The standard InChI is InChI=1S/C16H26N4OS.HI/c1-17-16(19-12-14-13-20(2)9-10-21-14)18-8-11-22-15-6-4-3-5-7-15;/h3-7,14H,8-13H2,1-2H3,(H2,17,18,19);1H. The van der Waals surface area contributed by atoms with Crippen molar-refractivity contribution in [3.05, 3.63) is 30.3 Å². The molecule has 0 radical (unpaired) electrons. The molecule has 7 heteroatoms. The lowest BCUT2D eigenvalue weighted by atomic mass is 10.3. The van der Waals surface area contributed by atoms with Gasteiger partial charge in [0.25, 0.3) is 0 Å². The van der Waals surface area contributed by atoms with Gasteiger partial charge in [0.15, 0.2) is 5.96 Å². The van der Waals surface area contributed by atoms with E-state index in [2.05, 4.69) is 51.8 Å². The molecule has 0 aliphatic carbocycles. The molecule has 2 N–H and O–H groups in total. The highest BCUT2D eigenvalue weighted by Gasteiger charge is 2.17. The molecule has 1 fully saturated rings. The molecule has 0 spiro atoms. The summed E-state index contributed by atoms with van der Waals surface area (Å²) in [5.41, 5.74) is 0. The highest BCUT2D eigenvalue weighted by Crippen LogP contribution is 2.15. The van der Waals surface area contributed by atoms with Crippen LogP contribution in [0.1, 0.15) is 0 Å². The van der Waals surface area contributed by atoms with E-state index in [9.17, 15) is 0 Å². The summed E-state index contributed by atoms with van der Waals surface area (Å²) >= 11 is 1.84. The third-order valence-electron chi connectivity index (χ3n) is 3.47. The first-order valence-corrected chi connectivity index (χ1v) is 8.69. The number of hydrogen-bond donors (Lipinski definition) is 2. The molecule has 0 saturated carbocycles.